The summed E-state index contributed by atoms with van der Waals surface area (Å²) in [6.45, 7) is 1.90. The van der Waals surface area contributed by atoms with Gasteiger partial charge >= 0.3 is 0 Å². The topological polar surface area (TPSA) is 55.5 Å². The smallest absolute Gasteiger partial charge is 0.0633 e. The number of ether oxygens (including phenoxy) is 1. The number of aryl methyl sites for hydroxylation is 1. The van der Waals surface area contributed by atoms with E-state index >= 15 is 0 Å². The van der Waals surface area contributed by atoms with Crippen LogP contribution in [0.5, 0.6) is 0 Å². The summed E-state index contributed by atoms with van der Waals surface area (Å²) in [7, 11) is 0. The lowest BCUT2D eigenvalue weighted by molar-refractivity contribution is -0.0785. The zero-order valence-electron chi connectivity index (χ0n) is 10.8. The fraction of sp³-hybridized carbons (Fsp3) is 0.600. The van der Waals surface area contributed by atoms with E-state index < -0.39 is 0 Å². The van der Waals surface area contributed by atoms with Crippen LogP contribution in [0.1, 0.15) is 24.8 Å². The first-order valence-electron chi connectivity index (χ1n) is 6.77. The molecule has 0 spiro atoms. The van der Waals surface area contributed by atoms with Crippen molar-refractivity contribution in [2.75, 3.05) is 19.8 Å². The first kappa shape index (κ1) is 13.5. The zero-order chi connectivity index (χ0) is 12.8. The van der Waals surface area contributed by atoms with Crippen molar-refractivity contribution in [3.05, 3.63) is 35.9 Å². The van der Waals surface area contributed by atoms with E-state index in [1.807, 2.05) is 18.2 Å². The standard InChI is InChI=1S/C15H23NO2/c16-11-15(9-4-10-18-12-15)14(17)8-7-13-5-2-1-3-6-13/h1-3,5-6,14,17H,4,7-12,16H2. The van der Waals surface area contributed by atoms with E-state index in [9.17, 15) is 5.11 Å². The Hall–Kier alpha value is -0.900. The highest BCUT2D eigenvalue weighted by molar-refractivity contribution is 5.14. The Morgan fingerprint density at radius 3 is 2.72 bits per heavy atom. The molecule has 1 aliphatic rings. The molecular weight excluding hydrogens is 226 g/mol. The van der Waals surface area contributed by atoms with E-state index in [0.29, 0.717) is 13.2 Å². The fourth-order valence-corrected chi connectivity index (χ4v) is 2.69. The van der Waals surface area contributed by atoms with Crippen LogP contribution in [0.15, 0.2) is 30.3 Å². The Labute approximate surface area is 109 Å². The Bertz CT molecular complexity index is 347. The Morgan fingerprint density at radius 2 is 2.11 bits per heavy atom. The number of hydrogen-bond donors (Lipinski definition) is 2. The van der Waals surface area contributed by atoms with Gasteiger partial charge in [0.25, 0.3) is 0 Å². The molecule has 0 amide bonds. The van der Waals surface area contributed by atoms with Crippen molar-refractivity contribution in [1.29, 1.82) is 0 Å². The molecule has 1 aromatic rings. The van der Waals surface area contributed by atoms with Crippen LogP contribution in [0.4, 0.5) is 0 Å². The predicted octanol–water partition coefficient (Wildman–Crippen LogP) is 1.74. The maximum Gasteiger partial charge on any atom is 0.0633 e. The summed E-state index contributed by atoms with van der Waals surface area (Å²) < 4.78 is 5.51. The third-order valence-electron chi connectivity index (χ3n) is 4.02. The Morgan fingerprint density at radius 1 is 1.33 bits per heavy atom. The quantitative estimate of drug-likeness (QED) is 0.835. The molecule has 3 nitrogen and oxygen atoms in total. The van der Waals surface area contributed by atoms with E-state index in [1.165, 1.54) is 5.56 Å². The van der Waals surface area contributed by atoms with E-state index in [-0.39, 0.29) is 11.5 Å². The van der Waals surface area contributed by atoms with Gasteiger partial charge < -0.3 is 15.6 Å². The Kier molecular flexibility index (Phi) is 4.75. The number of aliphatic hydroxyl groups is 1. The van der Waals surface area contributed by atoms with Crippen molar-refractivity contribution in [3.8, 4) is 0 Å². The minimum Gasteiger partial charge on any atom is -0.392 e. The van der Waals surface area contributed by atoms with E-state index in [4.69, 9.17) is 10.5 Å². The van der Waals surface area contributed by atoms with Gasteiger partial charge in [-0.1, -0.05) is 30.3 Å². The molecule has 1 fully saturated rings. The summed E-state index contributed by atoms with van der Waals surface area (Å²) in [4.78, 5) is 0. The zero-order valence-corrected chi connectivity index (χ0v) is 10.8. The van der Waals surface area contributed by atoms with Crippen LogP contribution in [-0.4, -0.2) is 31.0 Å². The first-order chi connectivity index (χ1) is 8.77. The second-order valence-corrected chi connectivity index (χ2v) is 5.26. The van der Waals surface area contributed by atoms with Crippen molar-refractivity contribution in [2.45, 2.75) is 31.8 Å². The summed E-state index contributed by atoms with van der Waals surface area (Å²) in [5, 5.41) is 10.4. The Balaban J connectivity index is 1.91. The van der Waals surface area contributed by atoms with Gasteiger partial charge in [-0.2, -0.15) is 0 Å². The highest BCUT2D eigenvalue weighted by Gasteiger charge is 2.38. The van der Waals surface area contributed by atoms with Crippen LogP contribution in [0.25, 0.3) is 0 Å². The minimum absolute atomic E-state index is 0.229. The van der Waals surface area contributed by atoms with Gasteiger partial charge in [0.2, 0.25) is 0 Å². The van der Waals surface area contributed by atoms with E-state index in [0.717, 1.165) is 32.3 Å². The first-order valence-corrected chi connectivity index (χ1v) is 6.77. The molecule has 3 heteroatoms. The van der Waals surface area contributed by atoms with Gasteiger partial charge in [-0.3, -0.25) is 0 Å². The molecule has 3 N–H and O–H groups in total. The monoisotopic (exact) mass is 249 g/mol. The van der Waals surface area contributed by atoms with Gasteiger partial charge in [0.05, 0.1) is 12.7 Å². The molecule has 1 heterocycles. The molecule has 0 aliphatic carbocycles. The number of benzene rings is 1. The van der Waals surface area contributed by atoms with Crippen LogP contribution < -0.4 is 5.73 Å². The SMILES string of the molecule is NCC1(C(O)CCc2ccccc2)CCCOC1. The van der Waals surface area contributed by atoms with Gasteiger partial charge in [-0.25, -0.2) is 0 Å². The maximum absolute atomic E-state index is 10.4. The van der Waals surface area contributed by atoms with E-state index in [1.54, 1.807) is 0 Å². The van der Waals surface area contributed by atoms with Crippen molar-refractivity contribution >= 4 is 0 Å². The predicted molar refractivity (Wildman–Crippen MR) is 72.3 cm³/mol. The number of nitrogens with two attached hydrogens (primary N) is 1. The fourth-order valence-electron chi connectivity index (χ4n) is 2.69. The van der Waals surface area contributed by atoms with Crippen molar-refractivity contribution < 1.29 is 9.84 Å². The molecule has 0 radical (unpaired) electrons. The molecule has 2 unspecified atom stereocenters. The number of rotatable bonds is 5. The van der Waals surface area contributed by atoms with Gasteiger partial charge in [-0.15, -0.1) is 0 Å². The largest absolute Gasteiger partial charge is 0.392 e. The second kappa shape index (κ2) is 6.32. The summed E-state index contributed by atoms with van der Waals surface area (Å²) in [5.74, 6) is 0. The second-order valence-electron chi connectivity index (χ2n) is 5.26. The summed E-state index contributed by atoms with van der Waals surface area (Å²) >= 11 is 0. The lowest BCUT2D eigenvalue weighted by atomic mass is 9.75. The van der Waals surface area contributed by atoms with Crippen molar-refractivity contribution in [1.82, 2.24) is 0 Å². The third-order valence-corrected chi connectivity index (χ3v) is 4.02. The molecule has 1 aromatic carbocycles. The lowest BCUT2D eigenvalue weighted by Crippen LogP contribution is -2.48. The van der Waals surface area contributed by atoms with Gasteiger partial charge in [0.15, 0.2) is 0 Å². The van der Waals surface area contributed by atoms with E-state index in [2.05, 4.69) is 12.1 Å². The molecular formula is C15H23NO2. The summed E-state index contributed by atoms with van der Waals surface area (Å²) in [5.41, 5.74) is 6.90. The normalized spacial score (nSPS) is 25.9. The minimum atomic E-state index is -0.372. The van der Waals surface area contributed by atoms with Crippen LogP contribution in [0.3, 0.4) is 0 Å². The van der Waals surface area contributed by atoms with Crippen LogP contribution in [0.2, 0.25) is 0 Å². The molecule has 2 atom stereocenters. The molecule has 0 bridgehead atoms. The number of hydrogen-bond acceptors (Lipinski definition) is 3. The van der Waals surface area contributed by atoms with Gasteiger partial charge in [-0.05, 0) is 31.2 Å². The molecule has 18 heavy (non-hydrogen) atoms. The average Bonchev–Trinajstić information content (AvgIpc) is 2.46. The summed E-state index contributed by atoms with van der Waals surface area (Å²) in [6.07, 6.45) is 3.25. The van der Waals surface area contributed by atoms with Gasteiger partial charge in [0, 0.05) is 18.6 Å². The maximum atomic E-state index is 10.4. The van der Waals surface area contributed by atoms with Crippen molar-refractivity contribution in [3.63, 3.8) is 0 Å². The number of aliphatic hydroxyl groups excluding tert-OH is 1. The summed E-state index contributed by atoms with van der Waals surface area (Å²) in [6, 6.07) is 10.3. The van der Waals surface area contributed by atoms with Gasteiger partial charge in [0.1, 0.15) is 0 Å². The molecule has 0 aromatic heterocycles. The third kappa shape index (κ3) is 3.10. The highest BCUT2D eigenvalue weighted by atomic mass is 16.5. The molecule has 0 saturated carbocycles. The highest BCUT2D eigenvalue weighted by Crippen LogP contribution is 2.33. The lowest BCUT2D eigenvalue weighted by Gasteiger charge is -2.40. The van der Waals surface area contributed by atoms with Crippen LogP contribution in [0, 0.1) is 5.41 Å². The average molecular weight is 249 g/mol. The van der Waals surface area contributed by atoms with Crippen molar-refractivity contribution in [2.24, 2.45) is 11.1 Å². The molecule has 1 saturated heterocycles. The molecule has 100 valence electrons. The molecule has 2 rings (SSSR count). The van der Waals surface area contributed by atoms with Crippen LogP contribution in [-0.2, 0) is 11.2 Å². The molecule has 1 aliphatic heterocycles. The van der Waals surface area contributed by atoms with Crippen LogP contribution >= 0.6 is 0 Å².